The molecule has 42 heavy (non-hydrogen) atoms. The predicted octanol–water partition coefficient (Wildman–Crippen LogP) is 4.60. The van der Waals surface area contributed by atoms with Crippen LogP contribution in [0.25, 0.3) is 27.7 Å². The van der Waals surface area contributed by atoms with E-state index in [9.17, 15) is 14.7 Å². The minimum absolute atomic E-state index is 0.0291. The predicted molar refractivity (Wildman–Crippen MR) is 161 cm³/mol. The number of anilines is 2. The molecule has 10 nitrogen and oxygen atoms in total. The molecule has 2 N–H and O–H groups in total. The molecule has 0 aliphatic heterocycles. The first-order valence-electron chi connectivity index (χ1n) is 13.6. The number of fused-ring (bicyclic) bond motifs is 1. The number of benzene rings is 2. The van der Waals surface area contributed by atoms with Crippen LogP contribution in [0.15, 0.2) is 64.4 Å². The second-order valence-corrected chi connectivity index (χ2v) is 12.2. The first-order chi connectivity index (χ1) is 19.6. The Kier molecular flexibility index (Phi) is 7.10. The van der Waals surface area contributed by atoms with Crippen LogP contribution in [0.3, 0.4) is 0 Å². The molecular formula is C31H34FN7O3. The van der Waals surface area contributed by atoms with Gasteiger partial charge in [0.25, 0.3) is 11.1 Å². The molecule has 0 fully saturated rings. The molecule has 0 bridgehead atoms. The Bertz CT molecular complexity index is 1940. The highest BCUT2D eigenvalue weighted by Crippen LogP contribution is 2.29. The molecule has 0 spiro atoms. The maximum Gasteiger partial charge on any atom is 0.290 e. The lowest BCUT2D eigenvalue weighted by Crippen LogP contribution is -2.26. The Morgan fingerprint density at radius 3 is 2.43 bits per heavy atom. The fraction of sp³-hybridized carbons (Fsp3) is 0.323. The molecule has 0 amide bonds. The number of nitrogens with one attached hydrogen (secondary N) is 1. The lowest BCUT2D eigenvalue weighted by molar-refractivity contribution is 0.0578. The molecule has 5 rings (SSSR count). The number of aromatic nitrogens is 6. The zero-order valence-corrected chi connectivity index (χ0v) is 24.7. The van der Waals surface area contributed by atoms with Crippen LogP contribution < -0.4 is 16.4 Å². The van der Waals surface area contributed by atoms with Crippen molar-refractivity contribution >= 4 is 22.3 Å². The van der Waals surface area contributed by atoms with Crippen LogP contribution in [0, 0.1) is 12.7 Å². The topological polar surface area (TPSA) is 120 Å². The van der Waals surface area contributed by atoms with Gasteiger partial charge in [0.2, 0.25) is 0 Å². The standard InChI is InChI=1S/C31H34FN7O3/c1-18-21(23-15-24(28(40)37(7)35-23)34-26-11-12-38(36-26)17-31(5,6)42)9-8-10-25(18)39-29(41)27-19(16-33-39)13-20(14-22(27)32)30(2,3)4/h8-16,42H,17H2,1-7H3,(H,34,36). The van der Waals surface area contributed by atoms with Gasteiger partial charge in [-0.2, -0.15) is 20.0 Å². The Hall–Kier alpha value is -4.64. The maximum atomic E-state index is 15.3. The second kappa shape index (κ2) is 10.3. The van der Waals surface area contributed by atoms with Crippen molar-refractivity contribution in [2.24, 2.45) is 7.05 Å². The summed E-state index contributed by atoms with van der Waals surface area (Å²) < 4.78 is 19.3. The van der Waals surface area contributed by atoms with Gasteiger partial charge in [-0.3, -0.25) is 14.3 Å². The highest BCUT2D eigenvalue weighted by molar-refractivity contribution is 5.83. The van der Waals surface area contributed by atoms with Crippen molar-refractivity contribution < 1.29 is 9.50 Å². The molecule has 0 aliphatic carbocycles. The molecule has 3 aromatic heterocycles. The first kappa shape index (κ1) is 28.9. The van der Waals surface area contributed by atoms with Crippen LogP contribution in [-0.4, -0.2) is 40.0 Å². The van der Waals surface area contributed by atoms with Gasteiger partial charge in [0.05, 0.1) is 35.1 Å². The number of hydrogen-bond donors (Lipinski definition) is 2. The van der Waals surface area contributed by atoms with Gasteiger partial charge in [-0.15, -0.1) is 0 Å². The third-order valence-electron chi connectivity index (χ3n) is 7.03. The molecular weight excluding hydrogens is 537 g/mol. The van der Waals surface area contributed by atoms with E-state index in [0.29, 0.717) is 33.7 Å². The van der Waals surface area contributed by atoms with Crippen molar-refractivity contribution in [1.82, 2.24) is 29.3 Å². The fourth-order valence-corrected chi connectivity index (χ4v) is 4.85. The van der Waals surface area contributed by atoms with E-state index in [1.54, 1.807) is 62.1 Å². The molecule has 2 aromatic carbocycles. The summed E-state index contributed by atoms with van der Waals surface area (Å²) >= 11 is 0. The molecule has 0 saturated carbocycles. The van der Waals surface area contributed by atoms with E-state index in [1.807, 2.05) is 33.8 Å². The minimum Gasteiger partial charge on any atom is -0.389 e. The number of nitrogens with zero attached hydrogens (tertiary/aromatic N) is 6. The van der Waals surface area contributed by atoms with Crippen LogP contribution in [0.5, 0.6) is 0 Å². The van der Waals surface area contributed by atoms with Crippen molar-refractivity contribution in [2.45, 2.75) is 59.1 Å². The van der Waals surface area contributed by atoms with Crippen molar-refractivity contribution in [3.8, 4) is 16.9 Å². The van der Waals surface area contributed by atoms with Crippen molar-refractivity contribution in [2.75, 3.05) is 5.32 Å². The number of rotatable bonds is 6. The lowest BCUT2D eigenvalue weighted by atomic mass is 9.86. The van der Waals surface area contributed by atoms with Gasteiger partial charge < -0.3 is 10.4 Å². The van der Waals surface area contributed by atoms with E-state index in [-0.39, 0.29) is 28.6 Å². The van der Waals surface area contributed by atoms with Crippen LogP contribution in [-0.2, 0) is 19.0 Å². The first-order valence-corrected chi connectivity index (χ1v) is 13.6. The van der Waals surface area contributed by atoms with Gasteiger partial charge >= 0.3 is 0 Å². The highest BCUT2D eigenvalue weighted by Gasteiger charge is 2.21. The van der Waals surface area contributed by atoms with E-state index in [1.165, 1.54) is 21.6 Å². The van der Waals surface area contributed by atoms with Gasteiger partial charge in [-0.1, -0.05) is 32.9 Å². The van der Waals surface area contributed by atoms with Gasteiger partial charge in [-0.05, 0) is 61.6 Å². The van der Waals surface area contributed by atoms with E-state index >= 15 is 4.39 Å². The third kappa shape index (κ3) is 5.60. The third-order valence-corrected chi connectivity index (χ3v) is 7.03. The van der Waals surface area contributed by atoms with Gasteiger partial charge in [0.15, 0.2) is 5.82 Å². The van der Waals surface area contributed by atoms with Crippen LogP contribution in [0.1, 0.15) is 45.7 Å². The largest absolute Gasteiger partial charge is 0.389 e. The number of halogens is 1. The Morgan fingerprint density at radius 1 is 1.00 bits per heavy atom. The Morgan fingerprint density at radius 2 is 1.74 bits per heavy atom. The quantitative estimate of drug-likeness (QED) is 0.306. The molecule has 5 aromatic rings. The lowest BCUT2D eigenvalue weighted by Gasteiger charge is -2.20. The second-order valence-electron chi connectivity index (χ2n) is 12.2. The molecule has 0 radical (unpaired) electrons. The molecule has 218 valence electrons. The normalized spacial score (nSPS) is 12.2. The van der Waals surface area contributed by atoms with Crippen LogP contribution in [0.4, 0.5) is 15.9 Å². The summed E-state index contributed by atoms with van der Waals surface area (Å²) in [6.07, 6.45) is 3.21. The minimum atomic E-state index is -0.950. The van der Waals surface area contributed by atoms with Gasteiger partial charge in [-0.25, -0.2) is 9.07 Å². The van der Waals surface area contributed by atoms with Crippen molar-refractivity contribution in [1.29, 1.82) is 0 Å². The molecule has 0 aliphatic rings. The average Bonchev–Trinajstić information content (AvgIpc) is 3.31. The molecule has 11 heteroatoms. The van der Waals surface area contributed by atoms with Gasteiger partial charge in [0, 0.05) is 30.3 Å². The molecule has 0 saturated heterocycles. The SMILES string of the molecule is Cc1c(-c2cc(Nc3ccn(CC(C)(C)O)n3)c(=O)n(C)n2)cccc1-n1ncc2cc(C(C)(C)C)cc(F)c2c1=O. The summed E-state index contributed by atoms with van der Waals surface area (Å²) in [6.45, 7) is 11.4. The highest BCUT2D eigenvalue weighted by atomic mass is 19.1. The smallest absolute Gasteiger partial charge is 0.290 e. The summed E-state index contributed by atoms with van der Waals surface area (Å²) in [5.74, 6) is -0.157. The number of aliphatic hydroxyl groups is 1. The molecule has 3 heterocycles. The summed E-state index contributed by atoms with van der Waals surface area (Å²) in [6, 6.07) is 11.9. The Balaban J connectivity index is 1.56. The number of hydrogen-bond acceptors (Lipinski definition) is 7. The summed E-state index contributed by atoms with van der Waals surface area (Å²) in [5.41, 5.74) is 1.14. The van der Waals surface area contributed by atoms with Crippen LogP contribution >= 0.6 is 0 Å². The molecule has 0 unspecified atom stereocenters. The van der Waals surface area contributed by atoms with E-state index in [2.05, 4.69) is 20.6 Å². The van der Waals surface area contributed by atoms with Crippen LogP contribution in [0.2, 0.25) is 0 Å². The van der Waals surface area contributed by atoms with Gasteiger partial charge in [0.1, 0.15) is 11.5 Å². The van der Waals surface area contributed by atoms with Crippen molar-refractivity contribution in [3.63, 3.8) is 0 Å². The van der Waals surface area contributed by atoms with Crippen molar-refractivity contribution in [3.05, 3.63) is 92.5 Å². The number of aryl methyl sites for hydroxylation is 1. The summed E-state index contributed by atoms with van der Waals surface area (Å²) in [5, 5.41) is 26.8. The van der Waals surface area contributed by atoms with E-state index in [4.69, 9.17) is 0 Å². The van der Waals surface area contributed by atoms with E-state index in [0.717, 1.165) is 5.56 Å². The Labute approximate surface area is 242 Å². The molecule has 0 atom stereocenters. The fourth-order valence-electron chi connectivity index (χ4n) is 4.85. The van der Waals surface area contributed by atoms with E-state index < -0.39 is 17.0 Å². The monoisotopic (exact) mass is 571 g/mol. The maximum absolute atomic E-state index is 15.3. The zero-order valence-electron chi connectivity index (χ0n) is 24.7. The average molecular weight is 572 g/mol. The summed E-state index contributed by atoms with van der Waals surface area (Å²) in [7, 11) is 1.55. The zero-order chi connectivity index (χ0) is 30.6. The summed E-state index contributed by atoms with van der Waals surface area (Å²) in [4.78, 5) is 26.4.